The van der Waals surface area contributed by atoms with Crippen LogP contribution < -0.4 is 5.43 Å². The summed E-state index contributed by atoms with van der Waals surface area (Å²) in [5.41, 5.74) is 1.65. The first-order chi connectivity index (χ1) is 9.28. The zero-order valence-electron chi connectivity index (χ0n) is 10.00. The fourth-order valence-electron chi connectivity index (χ4n) is 1.99. The smallest absolute Gasteiger partial charge is 0.193 e. The minimum atomic E-state index is -0.149. The highest BCUT2D eigenvalue weighted by Gasteiger charge is 2.07. The van der Waals surface area contributed by atoms with E-state index < -0.39 is 0 Å². The van der Waals surface area contributed by atoms with Crippen molar-refractivity contribution < 1.29 is 9.21 Å². The molecular weight excluding hydrogens is 240 g/mol. The van der Waals surface area contributed by atoms with Crippen molar-refractivity contribution in [2.24, 2.45) is 0 Å². The predicted molar refractivity (Wildman–Crippen MR) is 73.3 cm³/mol. The van der Waals surface area contributed by atoms with Crippen LogP contribution in [0.4, 0.5) is 0 Å². The van der Waals surface area contributed by atoms with Gasteiger partial charge in [-0.2, -0.15) is 0 Å². The second-order valence-electron chi connectivity index (χ2n) is 4.21. The number of carbonyl (C=O) groups is 1. The summed E-state index contributed by atoms with van der Waals surface area (Å²) in [6.07, 6.45) is 0.712. The van der Waals surface area contributed by atoms with E-state index in [0.29, 0.717) is 28.6 Å². The van der Waals surface area contributed by atoms with Crippen molar-refractivity contribution >= 4 is 17.3 Å². The van der Waals surface area contributed by atoms with E-state index >= 15 is 0 Å². The summed E-state index contributed by atoms with van der Waals surface area (Å²) in [6, 6.07) is 15.7. The van der Waals surface area contributed by atoms with Crippen molar-refractivity contribution in [3.63, 3.8) is 0 Å². The first-order valence-electron chi connectivity index (χ1n) is 5.86. The molecule has 0 radical (unpaired) electrons. The zero-order valence-corrected chi connectivity index (χ0v) is 10.00. The molecule has 0 aliphatic heterocycles. The highest BCUT2D eigenvalue weighted by atomic mass is 16.3. The predicted octanol–water partition coefficient (Wildman–Crippen LogP) is 3.27. The quantitative estimate of drug-likeness (QED) is 0.656. The number of fused-ring (bicyclic) bond motifs is 1. The van der Waals surface area contributed by atoms with E-state index in [-0.39, 0.29) is 5.43 Å². The molecule has 0 aliphatic rings. The molecule has 1 heterocycles. The third-order valence-electron chi connectivity index (χ3n) is 2.95. The summed E-state index contributed by atoms with van der Waals surface area (Å²) >= 11 is 0. The molecule has 3 rings (SSSR count). The number of hydrogen-bond donors (Lipinski definition) is 0. The number of aldehydes is 1. The highest BCUT2D eigenvalue weighted by Crippen LogP contribution is 2.22. The van der Waals surface area contributed by atoms with E-state index in [1.54, 1.807) is 18.2 Å². The molecule has 3 aromatic rings. The van der Waals surface area contributed by atoms with Gasteiger partial charge in [0.15, 0.2) is 5.43 Å². The van der Waals surface area contributed by atoms with Gasteiger partial charge in [-0.3, -0.25) is 9.59 Å². The van der Waals surface area contributed by atoms with Crippen molar-refractivity contribution in [2.75, 3.05) is 0 Å². The molecule has 0 amide bonds. The maximum Gasteiger partial charge on any atom is 0.193 e. The van der Waals surface area contributed by atoms with Gasteiger partial charge < -0.3 is 4.42 Å². The van der Waals surface area contributed by atoms with Crippen molar-refractivity contribution in [1.29, 1.82) is 0 Å². The van der Waals surface area contributed by atoms with Crippen molar-refractivity contribution in [3.8, 4) is 11.3 Å². The molecular formula is C16H10O3. The number of rotatable bonds is 2. The van der Waals surface area contributed by atoms with E-state index in [4.69, 9.17) is 4.42 Å². The van der Waals surface area contributed by atoms with Crippen LogP contribution in [0, 0.1) is 0 Å². The zero-order chi connectivity index (χ0) is 13.2. The van der Waals surface area contributed by atoms with Crippen LogP contribution >= 0.6 is 0 Å². The molecule has 92 valence electrons. The van der Waals surface area contributed by atoms with E-state index in [0.717, 1.165) is 5.56 Å². The van der Waals surface area contributed by atoms with Gasteiger partial charge in [0.1, 0.15) is 17.6 Å². The Kier molecular flexibility index (Phi) is 2.72. The molecule has 3 nitrogen and oxygen atoms in total. The average molecular weight is 250 g/mol. The topological polar surface area (TPSA) is 47.3 Å². The third-order valence-corrected chi connectivity index (χ3v) is 2.95. The van der Waals surface area contributed by atoms with Crippen molar-refractivity contribution in [2.45, 2.75) is 0 Å². The van der Waals surface area contributed by atoms with E-state index in [1.165, 1.54) is 6.07 Å². The highest BCUT2D eigenvalue weighted by molar-refractivity contribution is 5.86. The first-order valence-corrected chi connectivity index (χ1v) is 5.86. The molecule has 2 aromatic carbocycles. The fourth-order valence-corrected chi connectivity index (χ4v) is 1.99. The molecule has 0 saturated heterocycles. The Hall–Kier alpha value is -2.68. The Balaban J connectivity index is 2.26. The Bertz CT molecular complexity index is 801. The molecule has 0 unspecified atom stereocenters. The molecule has 0 aliphatic carbocycles. The molecule has 0 spiro atoms. The number of benzene rings is 2. The molecule has 0 bridgehead atoms. The van der Waals surface area contributed by atoms with Gasteiger partial charge >= 0.3 is 0 Å². The van der Waals surface area contributed by atoms with Crippen LogP contribution in [0.3, 0.4) is 0 Å². The van der Waals surface area contributed by atoms with Crippen LogP contribution in [0.25, 0.3) is 22.3 Å². The van der Waals surface area contributed by atoms with Gasteiger partial charge in [0.05, 0.1) is 5.39 Å². The van der Waals surface area contributed by atoms with Gasteiger partial charge in [0.25, 0.3) is 0 Å². The van der Waals surface area contributed by atoms with Crippen molar-refractivity contribution in [3.05, 3.63) is 70.4 Å². The van der Waals surface area contributed by atoms with Gasteiger partial charge in [-0.15, -0.1) is 0 Å². The van der Waals surface area contributed by atoms with Gasteiger partial charge in [-0.05, 0) is 18.2 Å². The summed E-state index contributed by atoms with van der Waals surface area (Å²) in [4.78, 5) is 22.8. The molecule has 0 saturated carbocycles. The van der Waals surface area contributed by atoms with Crippen LogP contribution in [-0.2, 0) is 0 Å². The summed E-state index contributed by atoms with van der Waals surface area (Å²) in [5.74, 6) is 0.525. The van der Waals surface area contributed by atoms with E-state index in [1.807, 2.05) is 30.3 Å². The largest absolute Gasteiger partial charge is 0.456 e. The molecule has 19 heavy (non-hydrogen) atoms. The molecule has 1 aromatic heterocycles. The minimum absolute atomic E-state index is 0.149. The monoisotopic (exact) mass is 250 g/mol. The Morgan fingerprint density at radius 2 is 1.74 bits per heavy atom. The molecule has 0 N–H and O–H groups in total. The van der Waals surface area contributed by atoms with Gasteiger partial charge in [-0.1, -0.05) is 30.3 Å². The second-order valence-corrected chi connectivity index (χ2v) is 4.21. The standard InChI is InChI=1S/C16H10O3/c17-10-11-6-7-15-13(8-11)14(18)9-16(19-15)12-4-2-1-3-5-12/h1-10H. The Morgan fingerprint density at radius 1 is 0.947 bits per heavy atom. The van der Waals surface area contributed by atoms with Gasteiger partial charge in [-0.25, -0.2) is 0 Å². The normalized spacial score (nSPS) is 10.5. The van der Waals surface area contributed by atoms with Crippen LogP contribution in [-0.4, -0.2) is 6.29 Å². The van der Waals surface area contributed by atoms with Crippen LogP contribution in [0.1, 0.15) is 10.4 Å². The SMILES string of the molecule is O=Cc1ccc2oc(-c3ccccc3)cc(=O)c2c1. The number of carbonyl (C=O) groups excluding carboxylic acids is 1. The molecule has 3 heteroatoms. The summed E-state index contributed by atoms with van der Waals surface area (Å²) < 4.78 is 5.71. The Morgan fingerprint density at radius 3 is 2.47 bits per heavy atom. The number of hydrogen-bond acceptors (Lipinski definition) is 3. The maximum atomic E-state index is 12.1. The fraction of sp³-hybridized carbons (Fsp3) is 0. The summed E-state index contributed by atoms with van der Waals surface area (Å²) in [6.45, 7) is 0. The maximum absolute atomic E-state index is 12.1. The van der Waals surface area contributed by atoms with Crippen LogP contribution in [0.5, 0.6) is 0 Å². The minimum Gasteiger partial charge on any atom is -0.456 e. The summed E-state index contributed by atoms with van der Waals surface area (Å²) in [7, 11) is 0. The van der Waals surface area contributed by atoms with Crippen LogP contribution in [0.15, 0.2) is 63.8 Å². The third kappa shape index (κ3) is 2.06. The Labute approximate surface area is 109 Å². The lowest BCUT2D eigenvalue weighted by molar-refractivity contribution is 0.112. The summed E-state index contributed by atoms with van der Waals surface area (Å²) in [5, 5.41) is 0.421. The molecule has 0 atom stereocenters. The second kappa shape index (κ2) is 4.53. The lowest BCUT2D eigenvalue weighted by Gasteiger charge is -2.03. The first kappa shape index (κ1) is 11.4. The van der Waals surface area contributed by atoms with Gasteiger partial charge in [0, 0.05) is 17.2 Å². The molecule has 0 fully saturated rings. The average Bonchev–Trinajstić information content (AvgIpc) is 2.48. The lowest BCUT2D eigenvalue weighted by Crippen LogP contribution is -2.01. The van der Waals surface area contributed by atoms with Crippen molar-refractivity contribution in [1.82, 2.24) is 0 Å². The van der Waals surface area contributed by atoms with Crippen LogP contribution in [0.2, 0.25) is 0 Å². The van der Waals surface area contributed by atoms with Gasteiger partial charge in [0.2, 0.25) is 0 Å². The lowest BCUT2D eigenvalue weighted by atomic mass is 10.1. The van der Waals surface area contributed by atoms with E-state index in [9.17, 15) is 9.59 Å². The van der Waals surface area contributed by atoms with E-state index in [2.05, 4.69) is 0 Å².